The van der Waals surface area contributed by atoms with Crippen LogP contribution in [-0.2, 0) is 0 Å². The zero-order valence-corrected chi connectivity index (χ0v) is 13.0. The van der Waals surface area contributed by atoms with Gasteiger partial charge in [-0.2, -0.15) is 0 Å². The van der Waals surface area contributed by atoms with Crippen molar-refractivity contribution in [3.63, 3.8) is 0 Å². The molecule has 6 nitrogen and oxygen atoms in total. The van der Waals surface area contributed by atoms with E-state index in [1.807, 2.05) is 0 Å². The van der Waals surface area contributed by atoms with Gasteiger partial charge in [0.15, 0.2) is 0 Å². The largest absolute Gasteiger partial charge is 0.349 e. The number of carbonyl (C=O) groups excluding carboxylic acids is 1. The van der Waals surface area contributed by atoms with Crippen LogP contribution in [0.4, 0.5) is 0 Å². The first-order chi connectivity index (χ1) is 10.7. The molecule has 1 saturated carbocycles. The van der Waals surface area contributed by atoms with E-state index in [9.17, 15) is 4.79 Å². The quantitative estimate of drug-likeness (QED) is 0.883. The molecule has 0 bridgehead atoms. The fourth-order valence-electron chi connectivity index (χ4n) is 2.80. The Labute approximate surface area is 133 Å². The number of rotatable bonds is 3. The van der Waals surface area contributed by atoms with Gasteiger partial charge in [0.25, 0.3) is 5.91 Å². The summed E-state index contributed by atoms with van der Waals surface area (Å²) in [7, 11) is 0. The number of amides is 1. The number of nitrogens with one attached hydrogen (secondary N) is 1. The Kier molecular flexibility index (Phi) is 4.68. The summed E-state index contributed by atoms with van der Waals surface area (Å²) >= 11 is 6.18. The second-order valence-corrected chi connectivity index (χ2v) is 5.99. The third-order valence-electron chi connectivity index (χ3n) is 4.00. The summed E-state index contributed by atoms with van der Waals surface area (Å²) in [6.07, 6.45) is 8.40. The topological polar surface area (TPSA) is 72.7 Å². The van der Waals surface area contributed by atoms with Crippen LogP contribution < -0.4 is 5.32 Å². The van der Waals surface area contributed by atoms with Crippen molar-refractivity contribution in [1.82, 2.24) is 25.5 Å². The molecule has 3 rings (SSSR count). The van der Waals surface area contributed by atoms with Gasteiger partial charge in [0.05, 0.1) is 16.3 Å². The molecule has 1 heterocycles. The Hall–Kier alpha value is -1.95. The molecule has 1 fully saturated rings. The maximum absolute atomic E-state index is 12.5. The number of halogens is 1. The van der Waals surface area contributed by atoms with Crippen LogP contribution in [0.3, 0.4) is 0 Å². The van der Waals surface area contributed by atoms with Gasteiger partial charge in [-0.15, -0.1) is 5.10 Å². The van der Waals surface area contributed by atoms with Gasteiger partial charge in [0.2, 0.25) is 0 Å². The Morgan fingerprint density at radius 2 is 2.00 bits per heavy atom. The molecule has 1 aromatic heterocycles. The summed E-state index contributed by atoms with van der Waals surface area (Å²) in [5.41, 5.74) is 1.17. The van der Waals surface area contributed by atoms with Crippen molar-refractivity contribution >= 4 is 17.5 Å². The second-order valence-electron chi connectivity index (χ2n) is 5.58. The molecule has 7 heteroatoms. The summed E-state index contributed by atoms with van der Waals surface area (Å²) in [6.45, 7) is 0. The first-order valence-corrected chi connectivity index (χ1v) is 7.95. The van der Waals surface area contributed by atoms with E-state index in [4.69, 9.17) is 11.6 Å². The summed E-state index contributed by atoms with van der Waals surface area (Å²) in [5.74, 6) is -0.133. The molecular formula is C15H18ClN5O. The van der Waals surface area contributed by atoms with Gasteiger partial charge >= 0.3 is 0 Å². The predicted molar refractivity (Wildman–Crippen MR) is 83.1 cm³/mol. The van der Waals surface area contributed by atoms with Crippen molar-refractivity contribution < 1.29 is 4.79 Å². The summed E-state index contributed by atoms with van der Waals surface area (Å²) < 4.78 is 1.50. The first-order valence-electron chi connectivity index (χ1n) is 7.58. The van der Waals surface area contributed by atoms with Crippen molar-refractivity contribution in [2.45, 2.75) is 44.6 Å². The number of nitrogens with zero attached hydrogens (tertiary/aromatic N) is 4. The van der Waals surface area contributed by atoms with E-state index >= 15 is 0 Å². The van der Waals surface area contributed by atoms with Crippen molar-refractivity contribution in [1.29, 1.82) is 0 Å². The molecule has 2 aromatic rings. The maximum Gasteiger partial charge on any atom is 0.253 e. The Balaban J connectivity index is 1.77. The standard InChI is InChI=1S/C15H18ClN5O/c16-14-8-7-12(21-10-17-19-20-21)9-13(14)15(22)18-11-5-3-1-2-4-6-11/h7-11H,1-6H2,(H,18,22). The maximum atomic E-state index is 12.5. The Bertz CT molecular complexity index is 635. The van der Waals surface area contributed by atoms with E-state index in [2.05, 4.69) is 20.8 Å². The number of carbonyl (C=O) groups is 1. The third-order valence-corrected chi connectivity index (χ3v) is 4.33. The molecule has 116 valence electrons. The van der Waals surface area contributed by atoms with Crippen LogP contribution in [0, 0.1) is 0 Å². The summed E-state index contributed by atoms with van der Waals surface area (Å²) in [6, 6.07) is 5.43. The lowest BCUT2D eigenvalue weighted by Crippen LogP contribution is -2.34. The normalized spacial score (nSPS) is 16.2. The molecule has 22 heavy (non-hydrogen) atoms. The van der Waals surface area contributed by atoms with Gasteiger partial charge in [0, 0.05) is 6.04 Å². The van der Waals surface area contributed by atoms with Crippen LogP contribution >= 0.6 is 11.6 Å². The van der Waals surface area contributed by atoms with Crippen LogP contribution in [0.25, 0.3) is 5.69 Å². The minimum atomic E-state index is -0.133. The highest BCUT2D eigenvalue weighted by Gasteiger charge is 2.18. The molecule has 1 amide bonds. The number of hydrogen-bond donors (Lipinski definition) is 1. The van der Waals surface area contributed by atoms with E-state index in [1.165, 1.54) is 36.7 Å². The number of benzene rings is 1. The molecule has 1 N–H and O–H groups in total. The van der Waals surface area contributed by atoms with Crippen LogP contribution in [0.5, 0.6) is 0 Å². The fraction of sp³-hybridized carbons (Fsp3) is 0.467. The zero-order chi connectivity index (χ0) is 15.4. The molecule has 0 radical (unpaired) electrons. The van der Waals surface area contributed by atoms with Crippen LogP contribution in [0.1, 0.15) is 48.9 Å². The highest BCUT2D eigenvalue weighted by atomic mass is 35.5. The van der Waals surface area contributed by atoms with Crippen molar-refractivity contribution in [2.24, 2.45) is 0 Å². The fourth-order valence-corrected chi connectivity index (χ4v) is 3.00. The summed E-state index contributed by atoms with van der Waals surface area (Å²) in [5, 5.41) is 14.6. The Morgan fingerprint density at radius 1 is 1.23 bits per heavy atom. The second kappa shape index (κ2) is 6.87. The van der Waals surface area contributed by atoms with Gasteiger partial charge < -0.3 is 5.32 Å². The number of aromatic nitrogens is 4. The number of tetrazole rings is 1. The molecule has 0 saturated heterocycles. The van der Waals surface area contributed by atoms with Gasteiger partial charge in [-0.05, 0) is 41.5 Å². The highest BCUT2D eigenvalue weighted by molar-refractivity contribution is 6.33. The first kappa shape index (κ1) is 15.0. The van der Waals surface area contributed by atoms with E-state index in [1.54, 1.807) is 18.2 Å². The minimum absolute atomic E-state index is 0.133. The van der Waals surface area contributed by atoms with E-state index < -0.39 is 0 Å². The SMILES string of the molecule is O=C(NC1CCCCCC1)c1cc(-n2cnnn2)ccc1Cl. The van der Waals surface area contributed by atoms with Crippen molar-refractivity contribution in [3.8, 4) is 5.69 Å². The smallest absolute Gasteiger partial charge is 0.253 e. The van der Waals surface area contributed by atoms with Gasteiger partial charge in [-0.25, -0.2) is 4.68 Å². The van der Waals surface area contributed by atoms with Gasteiger partial charge in [-0.1, -0.05) is 37.3 Å². The molecule has 1 aromatic carbocycles. The van der Waals surface area contributed by atoms with E-state index in [0.717, 1.165) is 12.8 Å². The molecule has 1 aliphatic carbocycles. The van der Waals surface area contributed by atoms with E-state index in [-0.39, 0.29) is 11.9 Å². The van der Waals surface area contributed by atoms with Crippen LogP contribution in [0.2, 0.25) is 5.02 Å². The van der Waals surface area contributed by atoms with Gasteiger partial charge in [-0.3, -0.25) is 4.79 Å². The van der Waals surface area contributed by atoms with Crippen molar-refractivity contribution in [2.75, 3.05) is 0 Å². The average molecular weight is 320 g/mol. The number of hydrogen-bond acceptors (Lipinski definition) is 4. The lowest BCUT2D eigenvalue weighted by atomic mass is 10.1. The zero-order valence-electron chi connectivity index (χ0n) is 12.2. The average Bonchev–Trinajstić information content (AvgIpc) is 2.93. The monoisotopic (exact) mass is 319 g/mol. The van der Waals surface area contributed by atoms with E-state index in [0.29, 0.717) is 16.3 Å². The lowest BCUT2D eigenvalue weighted by Gasteiger charge is -2.17. The molecule has 0 aliphatic heterocycles. The molecular weight excluding hydrogens is 302 g/mol. The third kappa shape index (κ3) is 3.44. The van der Waals surface area contributed by atoms with Crippen LogP contribution in [0.15, 0.2) is 24.5 Å². The van der Waals surface area contributed by atoms with Gasteiger partial charge in [0.1, 0.15) is 6.33 Å². The molecule has 0 atom stereocenters. The predicted octanol–water partition coefficient (Wildman–Crippen LogP) is 2.77. The molecule has 1 aliphatic rings. The Morgan fingerprint density at radius 3 is 2.68 bits per heavy atom. The minimum Gasteiger partial charge on any atom is -0.349 e. The highest BCUT2D eigenvalue weighted by Crippen LogP contribution is 2.21. The summed E-state index contributed by atoms with van der Waals surface area (Å²) in [4.78, 5) is 12.5. The van der Waals surface area contributed by atoms with Crippen LogP contribution in [-0.4, -0.2) is 32.2 Å². The lowest BCUT2D eigenvalue weighted by molar-refractivity contribution is 0.0933. The van der Waals surface area contributed by atoms with Crippen molar-refractivity contribution in [3.05, 3.63) is 35.1 Å². The molecule has 0 unspecified atom stereocenters. The molecule has 0 spiro atoms.